The zero-order valence-corrected chi connectivity index (χ0v) is 22.2. The molecule has 0 aromatic heterocycles. The Morgan fingerprint density at radius 3 is 2.21 bits per heavy atom. The molecule has 0 saturated heterocycles. The normalized spacial score (nSPS) is 12.7. The van der Waals surface area contributed by atoms with Crippen molar-refractivity contribution in [2.75, 3.05) is 18.4 Å². The van der Waals surface area contributed by atoms with Crippen molar-refractivity contribution in [2.24, 2.45) is 11.1 Å². The van der Waals surface area contributed by atoms with Crippen LogP contribution in [0.1, 0.15) is 66.2 Å². The maximum Gasteiger partial charge on any atom is 0.334 e. The number of nitrogens with one attached hydrogen (secondary N) is 3. The lowest BCUT2D eigenvalue weighted by molar-refractivity contribution is -0.143. The molecule has 0 radical (unpaired) electrons. The Balaban J connectivity index is 4.37. The molecule has 5 N–H and O–H groups in total. The molecule has 0 aromatic rings. The van der Waals surface area contributed by atoms with Crippen LogP contribution < -0.4 is 21.7 Å². The van der Waals surface area contributed by atoms with E-state index in [4.69, 9.17) is 10.5 Å². The number of unbranched alkanes of at least 4 members (excludes halogenated alkanes) is 1. The van der Waals surface area contributed by atoms with Crippen molar-refractivity contribution in [1.82, 2.24) is 16.0 Å². The molecule has 10 nitrogen and oxygen atoms in total. The summed E-state index contributed by atoms with van der Waals surface area (Å²) in [6, 6.07) is -1.38. The van der Waals surface area contributed by atoms with E-state index in [0.717, 1.165) is 0 Å². The minimum Gasteiger partial charge on any atom is -0.459 e. The molecule has 0 heterocycles. The lowest BCUT2D eigenvalue weighted by Gasteiger charge is -2.25. The largest absolute Gasteiger partial charge is 0.459 e. The minimum absolute atomic E-state index is 0.138. The standard InChI is InChI=1S/C23H39BrN4O6/c1-15(13-24)21(32)34-16(2)9-6-7-11-18(29)27-14-19(30)28-17(20(31)23(3,4)5)10-8-12-26-22(25)33/h16-17H,1,6-14H2,2-5H3,(H,27,29)(H,28,30)(H3,25,26,33)/t16?,17-/m0/s1. The molecule has 1 unspecified atom stereocenters. The lowest BCUT2D eigenvalue weighted by atomic mass is 9.85. The summed E-state index contributed by atoms with van der Waals surface area (Å²) in [7, 11) is 0. The Morgan fingerprint density at radius 2 is 1.65 bits per heavy atom. The van der Waals surface area contributed by atoms with E-state index in [-0.39, 0.29) is 30.8 Å². The quantitative estimate of drug-likeness (QED) is 0.100. The van der Waals surface area contributed by atoms with Gasteiger partial charge in [-0.3, -0.25) is 14.4 Å². The van der Waals surface area contributed by atoms with Crippen molar-refractivity contribution < 1.29 is 28.7 Å². The van der Waals surface area contributed by atoms with Crippen LogP contribution in [0.3, 0.4) is 0 Å². The highest BCUT2D eigenvalue weighted by Gasteiger charge is 2.30. The number of urea groups is 1. The third-order valence-electron chi connectivity index (χ3n) is 4.83. The number of hydrogen-bond donors (Lipinski definition) is 4. The van der Waals surface area contributed by atoms with Gasteiger partial charge in [-0.15, -0.1) is 0 Å². The molecule has 0 aliphatic heterocycles. The van der Waals surface area contributed by atoms with Gasteiger partial charge < -0.3 is 26.4 Å². The molecule has 194 valence electrons. The fraction of sp³-hybridized carbons (Fsp3) is 0.696. The number of ketones is 1. The van der Waals surface area contributed by atoms with E-state index in [1.165, 1.54) is 0 Å². The van der Waals surface area contributed by atoms with Gasteiger partial charge in [0, 0.05) is 29.3 Å². The Labute approximate surface area is 210 Å². The molecule has 0 rings (SSSR count). The highest BCUT2D eigenvalue weighted by Crippen LogP contribution is 2.19. The zero-order valence-electron chi connectivity index (χ0n) is 20.6. The second kappa shape index (κ2) is 16.2. The fourth-order valence-corrected chi connectivity index (χ4v) is 3.15. The Morgan fingerprint density at radius 1 is 1.00 bits per heavy atom. The van der Waals surface area contributed by atoms with Gasteiger partial charge in [0.1, 0.15) is 0 Å². The van der Waals surface area contributed by atoms with E-state index < -0.39 is 29.4 Å². The smallest absolute Gasteiger partial charge is 0.334 e. The predicted molar refractivity (Wildman–Crippen MR) is 133 cm³/mol. The number of esters is 1. The van der Waals surface area contributed by atoms with Gasteiger partial charge in [-0.25, -0.2) is 9.59 Å². The van der Waals surface area contributed by atoms with E-state index in [2.05, 4.69) is 38.5 Å². The second-order valence-electron chi connectivity index (χ2n) is 9.14. The summed E-state index contributed by atoms with van der Waals surface area (Å²) in [6.45, 7) is 10.7. The molecular weight excluding hydrogens is 508 g/mol. The number of alkyl halides is 1. The number of carbonyl (C=O) groups is 5. The van der Waals surface area contributed by atoms with Crippen LogP contribution in [-0.4, -0.2) is 60.2 Å². The molecule has 34 heavy (non-hydrogen) atoms. The number of carbonyl (C=O) groups excluding carboxylic acids is 5. The monoisotopic (exact) mass is 546 g/mol. The number of ether oxygens (including phenoxy) is 1. The molecule has 0 spiro atoms. The summed E-state index contributed by atoms with van der Waals surface area (Å²) in [6.07, 6.45) is 2.60. The maximum atomic E-state index is 12.7. The molecule has 0 aromatic carbocycles. The molecule has 11 heteroatoms. The number of amides is 4. The van der Waals surface area contributed by atoms with Gasteiger partial charge in [0.05, 0.1) is 18.7 Å². The van der Waals surface area contributed by atoms with Crippen LogP contribution >= 0.6 is 15.9 Å². The van der Waals surface area contributed by atoms with E-state index in [0.29, 0.717) is 49.6 Å². The third-order valence-corrected chi connectivity index (χ3v) is 5.51. The number of hydrogen-bond acceptors (Lipinski definition) is 6. The average molecular weight is 547 g/mol. The minimum atomic E-state index is -0.732. The summed E-state index contributed by atoms with van der Waals surface area (Å²) in [5.41, 5.74) is 4.71. The summed E-state index contributed by atoms with van der Waals surface area (Å²) in [5.74, 6) is -1.33. The van der Waals surface area contributed by atoms with Gasteiger partial charge >= 0.3 is 12.0 Å². The molecule has 2 atom stereocenters. The average Bonchev–Trinajstić information content (AvgIpc) is 2.75. The zero-order chi connectivity index (χ0) is 26.3. The highest BCUT2D eigenvalue weighted by molar-refractivity contribution is 9.09. The van der Waals surface area contributed by atoms with Crippen LogP contribution in [0.25, 0.3) is 0 Å². The van der Waals surface area contributed by atoms with Crippen molar-refractivity contribution in [1.29, 1.82) is 0 Å². The molecule has 0 saturated carbocycles. The van der Waals surface area contributed by atoms with Crippen LogP contribution in [0, 0.1) is 5.41 Å². The van der Waals surface area contributed by atoms with Crippen molar-refractivity contribution in [3.8, 4) is 0 Å². The third kappa shape index (κ3) is 14.7. The molecule has 0 fully saturated rings. The SMILES string of the molecule is C=C(CBr)C(=O)OC(C)CCCCC(=O)NCC(=O)N[C@@H](CCCNC(N)=O)C(=O)C(C)(C)C. The first kappa shape index (κ1) is 31.6. The van der Waals surface area contributed by atoms with Gasteiger partial charge in [0.15, 0.2) is 5.78 Å². The van der Waals surface area contributed by atoms with Crippen molar-refractivity contribution in [2.45, 2.75) is 78.4 Å². The second-order valence-corrected chi connectivity index (χ2v) is 9.70. The number of nitrogens with two attached hydrogens (primary N) is 1. The van der Waals surface area contributed by atoms with E-state index >= 15 is 0 Å². The summed E-state index contributed by atoms with van der Waals surface area (Å²) < 4.78 is 5.24. The highest BCUT2D eigenvalue weighted by atomic mass is 79.9. The van der Waals surface area contributed by atoms with Crippen LogP contribution in [0.2, 0.25) is 0 Å². The van der Waals surface area contributed by atoms with E-state index in [1.54, 1.807) is 27.7 Å². The van der Waals surface area contributed by atoms with Crippen LogP contribution in [-0.2, 0) is 23.9 Å². The maximum absolute atomic E-state index is 12.7. The van der Waals surface area contributed by atoms with E-state index in [9.17, 15) is 24.0 Å². The Kier molecular flexibility index (Phi) is 15.1. The number of rotatable bonds is 16. The number of Topliss-reactive ketones (excluding diaryl/α,β-unsaturated/α-hetero) is 1. The Bertz CT molecular complexity index is 735. The van der Waals surface area contributed by atoms with Crippen molar-refractivity contribution >= 4 is 45.5 Å². The van der Waals surface area contributed by atoms with Gasteiger partial charge in [0.25, 0.3) is 0 Å². The van der Waals surface area contributed by atoms with Crippen LogP contribution in [0.15, 0.2) is 12.2 Å². The number of primary amides is 1. The van der Waals surface area contributed by atoms with Gasteiger partial charge in [-0.05, 0) is 39.0 Å². The number of halogens is 1. The fourth-order valence-electron chi connectivity index (χ4n) is 2.92. The molecule has 4 amide bonds. The lowest BCUT2D eigenvalue weighted by Crippen LogP contribution is -2.49. The summed E-state index contributed by atoms with van der Waals surface area (Å²) >= 11 is 3.15. The van der Waals surface area contributed by atoms with Crippen LogP contribution in [0.4, 0.5) is 4.79 Å². The van der Waals surface area contributed by atoms with Gasteiger partial charge in [0.2, 0.25) is 11.8 Å². The van der Waals surface area contributed by atoms with Gasteiger partial charge in [-0.1, -0.05) is 43.3 Å². The van der Waals surface area contributed by atoms with Crippen LogP contribution in [0.5, 0.6) is 0 Å². The molecule has 0 aliphatic carbocycles. The van der Waals surface area contributed by atoms with Crippen molar-refractivity contribution in [3.63, 3.8) is 0 Å². The first-order valence-corrected chi connectivity index (χ1v) is 12.5. The van der Waals surface area contributed by atoms with E-state index in [1.807, 2.05) is 0 Å². The predicted octanol–water partition coefficient (Wildman–Crippen LogP) is 2.09. The topological polar surface area (TPSA) is 157 Å². The molecule has 0 aliphatic rings. The summed E-state index contributed by atoms with van der Waals surface area (Å²) in [5, 5.41) is 8.03. The first-order chi connectivity index (χ1) is 15.8. The molecular formula is C23H39BrN4O6. The molecule has 0 bridgehead atoms. The van der Waals surface area contributed by atoms with Crippen molar-refractivity contribution in [3.05, 3.63) is 12.2 Å². The Hall–Kier alpha value is -2.43. The first-order valence-electron chi connectivity index (χ1n) is 11.4. The summed E-state index contributed by atoms with van der Waals surface area (Å²) in [4.78, 5) is 59.4. The van der Waals surface area contributed by atoms with Gasteiger partial charge in [-0.2, -0.15) is 0 Å².